The summed E-state index contributed by atoms with van der Waals surface area (Å²) in [7, 11) is -3.70. The van der Waals surface area contributed by atoms with Crippen molar-refractivity contribution in [1.82, 2.24) is 10.2 Å². The number of amides is 1. The summed E-state index contributed by atoms with van der Waals surface area (Å²) in [5, 5.41) is 15.9. The number of ether oxygens (including phenoxy) is 1. The normalized spacial score (nSPS) is 16.3. The minimum atomic E-state index is -3.70. The predicted octanol–water partition coefficient (Wildman–Crippen LogP) is 1.86. The second kappa shape index (κ2) is 8.99. The van der Waals surface area contributed by atoms with E-state index in [4.69, 9.17) is 4.74 Å². The number of morpholine rings is 1. The highest BCUT2D eigenvalue weighted by Crippen LogP contribution is 2.26. The van der Waals surface area contributed by atoms with Crippen molar-refractivity contribution in [2.45, 2.75) is 10.9 Å². The van der Waals surface area contributed by atoms with Crippen LogP contribution in [0.25, 0.3) is 0 Å². The van der Waals surface area contributed by atoms with Crippen LogP contribution in [0.5, 0.6) is 0 Å². The number of hydrogen-bond acceptors (Lipinski definition) is 8. The Hall–Kier alpha value is -2.34. The molecule has 3 rings (SSSR count). The highest BCUT2D eigenvalue weighted by molar-refractivity contribution is 7.90. The fourth-order valence-corrected chi connectivity index (χ4v) is 4.64. The summed E-state index contributed by atoms with van der Waals surface area (Å²) in [5.74, 6) is -0.562. The van der Waals surface area contributed by atoms with Gasteiger partial charge in [0.2, 0.25) is 0 Å². The van der Waals surface area contributed by atoms with Gasteiger partial charge < -0.3 is 10.1 Å². The Morgan fingerprint density at radius 2 is 2.07 bits per heavy atom. The number of nitro groups is 1. The lowest BCUT2D eigenvalue weighted by Gasteiger charge is -2.34. The zero-order valence-electron chi connectivity index (χ0n) is 15.7. The van der Waals surface area contributed by atoms with Crippen LogP contribution in [0.1, 0.15) is 21.3 Å². The van der Waals surface area contributed by atoms with Gasteiger partial charge in [-0.1, -0.05) is 6.07 Å². The molecule has 0 radical (unpaired) electrons. The summed E-state index contributed by atoms with van der Waals surface area (Å²) in [6.07, 6.45) is 0.943. The first kappa shape index (κ1) is 21.4. The maximum Gasteiger partial charge on any atom is 0.271 e. The number of thiophene rings is 1. The molecule has 0 aliphatic carbocycles. The van der Waals surface area contributed by atoms with Crippen molar-refractivity contribution in [3.8, 4) is 0 Å². The Bertz CT molecular complexity index is 985. The monoisotopic (exact) mass is 439 g/mol. The standard InChI is InChI=1S/C18H21N3O6S2/c1-29(25,26)15-10-13(9-14(11-15)21(23)24)18(22)19-12-16(17-3-2-8-28-17)20-4-6-27-7-5-20/h2-3,8-11,16H,4-7,12H2,1H3,(H,19,22). The van der Waals surface area contributed by atoms with Crippen LogP contribution < -0.4 is 5.32 Å². The summed E-state index contributed by atoms with van der Waals surface area (Å²) in [6, 6.07) is 7.07. The van der Waals surface area contributed by atoms with Crippen LogP contribution in [-0.2, 0) is 14.6 Å². The Morgan fingerprint density at radius 3 is 2.66 bits per heavy atom. The quantitative estimate of drug-likeness (QED) is 0.517. The SMILES string of the molecule is CS(=O)(=O)c1cc(C(=O)NCC(c2cccs2)N2CCOCC2)cc([N+](=O)[O-])c1. The molecule has 156 valence electrons. The molecule has 1 aromatic carbocycles. The molecular weight excluding hydrogens is 418 g/mol. The lowest BCUT2D eigenvalue weighted by Crippen LogP contribution is -2.43. The van der Waals surface area contributed by atoms with Crippen molar-refractivity contribution in [3.05, 3.63) is 56.3 Å². The van der Waals surface area contributed by atoms with Gasteiger partial charge in [0, 0.05) is 48.5 Å². The molecule has 0 bridgehead atoms. The molecule has 1 fully saturated rings. The summed E-state index contributed by atoms with van der Waals surface area (Å²) in [6.45, 7) is 2.97. The minimum absolute atomic E-state index is 0.0593. The van der Waals surface area contributed by atoms with Gasteiger partial charge >= 0.3 is 0 Å². The number of hydrogen-bond donors (Lipinski definition) is 1. The van der Waals surface area contributed by atoms with Crippen LogP contribution in [0.15, 0.2) is 40.6 Å². The van der Waals surface area contributed by atoms with E-state index in [0.29, 0.717) is 13.2 Å². The van der Waals surface area contributed by atoms with Gasteiger partial charge in [-0.2, -0.15) is 0 Å². The number of carbonyl (C=O) groups excluding carboxylic acids is 1. The molecule has 29 heavy (non-hydrogen) atoms. The van der Waals surface area contributed by atoms with E-state index in [1.807, 2.05) is 17.5 Å². The molecule has 0 saturated carbocycles. The van der Waals surface area contributed by atoms with Gasteiger partial charge in [0.15, 0.2) is 9.84 Å². The van der Waals surface area contributed by atoms with Crippen LogP contribution in [0.4, 0.5) is 5.69 Å². The molecule has 1 unspecified atom stereocenters. The highest BCUT2D eigenvalue weighted by Gasteiger charge is 2.25. The average Bonchev–Trinajstić information content (AvgIpc) is 3.22. The van der Waals surface area contributed by atoms with Gasteiger partial charge in [0.1, 0.15) is 0 Å². The van der Waals surface area contributed by atoms with Crippen molar-refractivity contribution in [1.29, 1.82) is 0 Å². The predicted molar refractivity (Wildman–Crippen MR) is 108 cm³/mol. The Labute approximate surface area is 172 Å². The zero-order valence-corrected chi connectivity index (χ0v) is 17.4. The maximum atomic E-state index is 12.7. The highest BCUT2D eigenvalue weighted by atomic mass is 32.2. The van der Waals surface area contributed by atoms with Crippen molar-refractivity contribution in [2.75, 3.05) is 39.1 Å². The van der Waals surface area contributed by atoms with Gasteiger partial charge in [-0.25, -0.2) is 8.42 Å². The number of sulfone groups is 1. The van der Waals surface area contributed by atoms with E-state index in [0.717, 1.165) is 42.4 Å². The molecule has 1 aromatic heterocycles. The molecular formula is C18H21N3O6S2. The van der Waals surface area contributed by atoms with E-state index in [9.17, 15) is 23.3 Å². The molecule has 11 heteroatoms. The fraction of sp³-hybridized carbons (Fsp3) is 0.389. The number of carbonyl (C=O) groups is 1. The number of benzene rings is 1. The molecule has 1 aliphatic heterocycles. The van der Waals surface area contributed by atoms with Crippen molar-refractivity contribution in [3.63, 3.8) is 0 Å². The Balaban J connectivity index is 1.81. The molecule has 2 heterocycles. The number of nitrogens with zero attached hydrogens (tertiary/aromatic N) is 2. The third-order valence-corrected chi connectivity index (χ3v) is 6.67. The molecule has 1 atom stereocenters. The third kappa shape index (κ3) is 5.38. The summed E-state index contributed by atoms with van der Waals surface area (Å²) in [5.41, 5.74) is -0.507. The second-order valence-corrected chi connectivity index (χ2v) is 9.63. The Kier molecular flexibility index (Phi) is 6.63. The second-order valence-electron chi connectivity index (χ2n) is 6.63. The van der Waals surface area contributed by atoms with Crippen molar-refractivity contribution >= 4 is 32.8 Å². The number of rotatable bonds is 7. The van der Waals surface area contributed by atoms with Gasteiger partial charge in [-0.05, 0) is 17.5 Å². The van der Waals surface area contributed by atoms with Gasteiger partial charge in [0.05, 0.1) is 29.1 Å². The summed E-state index contributed by atoms with van der Waals surface area (Å²) >= 11 is 1.58. The molecule has 2 aromatic rings. The maximum absolute atomic E-state index is 12.7. The number of nitro benzene ring substituents is 1. The van der Waals surface area contributed by atoms with E-state index in [1.54, 1.807) is 11.3 Å². The lowest BCUT2D eigenvalue weighted by atomic mass is 10.1. The first-order valence-corrected chi connectivity index (χ1v) is 11.7. The third-order valence-electron chi connectivity index (χ3n) is 4.61. The smallest absolute Gasteiger partial charge is 0.271 e. The molecule has 1 saturated heterocycles. The Morgan fingerprint density at radius 1 is 1.34 bits per heavy atom. The van der Waals surface area contributed by atoms with E-state index in [2.05, 4.69) is 10.2 Å². The van der Waals surface area contributed by atoms with Gasteiger partial charge in [-0.15, -0.1) is 11.3 Å². The fourth-order valence-electron chi connectivity index (χ4n) is 3.11. The van der Waals surface area contributed by atoms with E-state index < -0.39 is 26.4 Å². The summed E-state index contributed by atoms with van der Waals surface area (Å²) < 4.78 is 29.1. The van der Waals surface area contributed by atoms with E-state index >= 15 is 0 Å². The first-order chi connectivity index (χ1) is 13.8. The molecule has 1 aliphatic rings. The van der Waals surface area contributed by atoms with E-state index in [-0.39, 0.29) is 23.0 Å². The molecule has 0 spiro atoms. The van der Waals surface area contributed by atoms with E-state index in [1.165, 1.54) is 0 Å². The van der Waals surface area contributed by atoms with Crippen molar-refractivity contribution in [2.24, 2.45) is 0 Å². The minimum Gasteiger partial charge on any atom is -0.379 e. The summed E-state index contributed by atoms with van der Waals surface area (Å²) in [4.78, 5) is 26.2. The van der Waals surface area contributed by atoms with Crippen LogP contribution >= 0.6 is 11.3 Å². The molecule has 1 N–H and O–H groups in total. The van der Waals surface area contributed by atoms with Gasteiger partial charge in [-0.3, -0.25) is 19.8 Å². The van der Waals surface area contributed by atoms with Crippen molar-refractivity contribution < 1.29 is 22.9 Å². The number of nitrogens with one attached hydrogen (secondary N) is 1. The van der Waals surface area contributed by atoms with Crippen LogP contribution in [-0.4, -0.2) is 63.3 Å². The average molecular weight is 440 g/mol. The molecule has 1 amide bonds. The topological polar surface area (TPSA) is 119 Å². The zero-order chi connectivity index (χ0) is 21.0. The lowest BCUT2D eigenvalue weighted by molar-refractivity contribution is -0.385. The number of non-ortho nitro benzene ring substituents is 1. The van der Waals surface area contributed by atoms with Crippen LogP contribution in [0, 0.1) is 10.1 Å². The first-order valence-electron chi connectivity index (χ1n) is 8.88. The van der Waals surface area contributed by atoms with Gasteiger partial charge in [0.25, 0.3) is 11.6 Å². The van der Waals surface area contributed by atoms with Crippen LogP contribution in [0.2, 0.25) is 0 Å². The molecule has 9 nitrogen and oxygen atoms in total. The largest absolute Gasteiger partial charge is 0.379 e. The van der Waals surface area contributed by atoms with Crippen LogP contribution in [0.3, 0.4) is 0 Å².